The summed E-state index contributed by atoms with van der Waals surface area (Å²) in [4.78, 5) is 10.8. The number of nitriles is 1. The number of carboxylic acids is 1. The Labute approximate surface area is 107 Å². The summed E-state index contributed by atoms with van der Waals surface area (Å²) in [6, 6.07) is 1.69. The van der Waals surface area contributed by atoms with Gasteiger partial charge in [0.25, 0.3) is 0 Å². The molecule has 0 aromatic heterocycles. The van der Waals surface area contributed by atoms with Crippen LogP contribution in [0, 0.1) is 23.2 Å². The molecule has 1 aliphatic carbocycles. The highest BCUT2D eigenvalue weighted by Crippen LogP contribution is 2.28. The van der Waals surface area contributed by atoms with Gasteiger partial charge in [0.1, 0.15) is 0 Å². The van der Waals surface area contributed by atoms with Crippen LogP contribution in [0.4, 0.5) is 0 Å². The molecule has 1 rings (SSSR count). The molecule has 1 aliphatic rings. The molecule has 0 spiro atoms. The zero-order chi connectivity index (χ0) is 13.8. The van der Waals surface area contributed by atoms with Gasteiger partial charge in [0.05, 0.1) is 12.0 Å². The quantitative estimate of drug-likeness (QED) is 0.767. The Morgan fingerprint density at radius 3 is 2.44 bits per heavy atom. The number of aliphatic carboxylic acids is 1. The summed E-state index contributed by atoms with van der Waals surface area (Å²) in [5.74, 6) is -0.899. The van der Waals surface area contributed by atoms with Crippen molar-refractivity contribution in [2.45, 2.75) is 37.9 Å². The minimum Gasteiger partial charge on any atom is -0.481 e. The molecule has 18 heavy (non-hydrogen) atoms. The highest BCUT2D eigenvalue weighted by atomic mass is 32.2. The fraction of sp³-hybridized carbons (Fsp3) is 0.818. The highest BCUT2D eigenvalue weighted by molar-refractivity contribution is 7.90. The molecule has 0 heterocycles. The van der Waals surface area contributed by atoms with Crippen LogP contribution >= 0.6 is 0 Å². The van der Waals surface area contributed by atoms with Crippen LogP contribution in [0.1, 0.15) is 32.6 Å². The number of hydrogen-bond acceptors (Lipinski definition) is 4. The summed E-state index contributed by atoms with van der Waals surface area (Å²) in [7, 11) is -3.57. The van der Waals surface area contributed by atoms with Crippen LogP contribution in [0.2, 0.25) is 0 Å². The molecule has 102 valence electrons. The zero-order valence-corrected chi connectivity index (χ0v) is 11.1. The lowest BCUT2D eigenvalue weighted by molar-refractivity contribution is -0.143. The number of carboxylic acid groups (broad SMARTS) is 1. The lowest BCUT2D eigenvalue weighted by Gasteiger charge is -2.26. The van der Waals surface area contributed by atoms with Crippen molar-refractivity contribution < 1.29 is 18.3 Å². The first-order valence-corrected chi connectivity index (χ1v) is 7.52. The van der Waals surface area contributed by atoms with Gasteiger partial charge in [0, 0.05) is 6.54 Å². The molecule has 6 nitrogen and oxygen atoms in total. The van der Waals surface area contributed by atoms with Crippen molar-refractivity contribution >= 4 is 16.0 Å². The third kappa shape index (κ3) is 3.96. The average Bonchev–Trinajstić information content (AvgIpc) is 2.35. The van der Waals surface area contributed by atoms with Gasteiger partial charge in [0.2, 0.25) is 10.0 Å². The minimum atomic E-state index is -3.57. The molecule has 0 bridgehead atoms. The molecule has 0 saturated heterocycles. The first-order valence-electron chi connectivity index (χ1n) is 5.97. The molecule has 0 amide bonds. The van der Waals surface area contributed by atoms with Crippen molar-refractivity contribution in [2.75, 3.05) is 6.54 Å². The van der Waals surface area contributed by atoms with E-state index in [1.54, 1.807) is 6.07 Å². The third-order valence-corrected chi connectivity index (χ3v) is 5.02. The summed E-state index contributed by atoms with van der Waals surface area (Å²) in [5, 5.41) is 16.3. The Morgan fingerprint density at radius 2 is 2.00 bits per heavy atom. The van der Waals surface area contributed by atoms with Gasteiger partial charge in [-0.2, -0.15) is 5.26 Å². The molecule has 0 aromatic carbocycles. The molecule has 0 aliphatic heterocycles. The van der Waals surface area contributed by atoms with Crippen LogP contribution < -0.4 is 4.72 Å². The van der Waals surface area contributed by atoms with Crippen LogP contribution in [0.25, 0.3) is 0 Å². The number of hydrogen-bond donors (Lipinski definition) is 2. The fourth-order valence-corrected chi connectivity index (χ4v) is 2.90. The van der Waals surface area contributed by atoms with E-state index in [-0.39, 0.29) is 11.8 Å². The van der Waals surface area contributed by atoms with Gasteiger partial charge >= 0.3 is 5.97 Å². The van der Waals surface area contributed by atoms with Gasteiger partial charge in [-0.05, 0) is 38.5 Å². The van der Waals surface area contributed by atoms with E-state index in [0.717, 1.165) is 0 Å². The summed E-state index contributed by atoms with van der Waals surface area (Å²) in [6.07, 6.45) is 2.60. The van der Waals surface area contributed by atoms with E-state index < -0.39 is 21.2 Å². The van der Waals surface area contributed by atoms with Crippen LogP contribution in [0.3, 0.4) is 0 Å². The highest BCUT2D eigenvalue weighted by Gasteiger charge is 2.27. The van der Waals surface area contributed by atoms with Crippen molar-refractivity contribution in [1.82, 2.24) is 4.72 Å². The smallest absolute Gasteiger partial charge is 0.306 e. The Morgan fingerprint density at radius 1 is 1.44 bits per heavy atom. The Bertz CT molecular complexity index is 432. The maximum Gasteiger partial charge on any atom is 0.306 e. The zero-order valence-electron chi connectivity index (χ0n) is 10.3. The maximum atomic E-state index is 11.5. The molecular formula is C11H18N2O4S. The topological polar surface area (TPSA) is 107 Å². The predicted octanol–water partition coefficient (Wildman–Crippen LogP) is 0.709. The van der Waals surface area contributed by atoms with Gasteiger partial charge < -0.3 is 5.11 Å². The van der Waals surface area contributed by atoms with Gasteiger partial charge in [-0.25, -0.2) is 13.1 Å². The largest absolute Gasteiger partial charge is 0.481 e. The summed E-state index contributed by atoms with van der Waals surface area (Å²) in [6.45, 7) is 1.63. The second-order valence-electron chi connectivity index (χ2n) is 4.72. The van der Waals surface area contributed by atoms with Crippen LogP contribution in [-0.4, -0.2) is 31.3 Å². The Hall–Kier alpha value is -1.13. The number of rotatable bonds is 5. The molecule has 7 heteroatoms. The first kappa shape index (κ1) is 14.9. The maximum absolute atomic E-state index is 11.5. The van der Waals surface area contributed by atoms with Gasteiger partial charge in [0.15, 0.2) is 5.25 Å². The third-order valence-electron chi connectivity index (χ3n) is 3.42. The molecule has 1 unspecified atom stereocenters. The van der Waals surface area contributed by atoms with Crippen LogP contribution in [-0.2, 0) is 14.8 Å². The lowest BCUT2D eigenvalue weighted by Crippen LogP contribution is -2.36. The van der Waals surface area contributed by atoms with Crippen molar-refractivity contribution in [3.05, 3.63) is 0 Å². The molecular weight excluding hydrogens is 256 g/mol. The second kappa shape index (κ2) is 6.16. The number of sulfonamides is 1. The molecule has 1 saturated carbocycles. The Kier molecular flexibility index (Phi) is 5.11. The van der Waals surface area contributed by atoms with E-state index in [2.05, 4.69) is 4.72 Å². The predicted molar refractivity (Wildman–Crippen MR) is 65.1 cm³/mol. The normalized spacial score (nSPS) is 26.2. The van der Waals surface area contributed by atoms with Crippen molar-refractivity contribution in [3.8, 4) is 6.07 Å². The van der Waals surface area contributed by atoms with Crippen molar-refractivity contribution in [3.63, 3.8) is 0 Å². The monoisotopic (exact) mass is 274 g/mol. The minimum absolute atomic E-state index is 0.168. The van der Waals surface area contributed by atoms with E-state index in [1.807, 2.05) is 0 Å². The van der Waals surface area contributed by atoms with Gasteiger partial charge in [-0.15, -0.1) is 0 Å². The standard InChI is InChI=1S/C11H18N2O4S/c1-8(6-12)18(16,17)13-7-9-2-4-10(5-3-9)11(14)15/h8-10,13H,2-5,7H2,1H3,(H,14,15). The summed E-state index contributed by atoms with van der Waals surface area (Å²) in [5.41, 5.74) is 0. The van der Waals surface area contributed by atoms with Crippen molar-refractivity contribution in [1.29, 1.82) is 5.26 Å². The number of nitrogens with one attached hydrogen (secondary N) is 1. The van der Waals surface area contributed by atoms with Gasteiger partial charge in [-0.3, -0.25) is 4.79 Å². The molecule has 2 N–H and O–H groups in total. The molecule has 0 radical (unpaired) electrons. The molecule has 1 atom stereocenters. The van der Waals surface area contributed by atoms with E-state index >= 15 is 0 Å². The second-order valence-corrected chi connectivity index (χ2v) is 6.81. The lowest BCUT2D eigenvalue weighted by atomic mass is 9.82. The number of nitrogens with zero attached hydrogens (tertiary/aromatic N) is 1. The molecule has 1 fully saturated rings. The van der Waals surface area contributed by atoms with Crippen LogP contribution in [0.5, 0.6) is 0 Å². The van der Waals surface area contributed by atoms with Crippen LogP contribution in [0.15, 0.2) is 0 Å². The average molecular weight is 274 g/mol. The number of carbonyl (C=O) groups is 1. The van der Waals surface area contributed by atoms with E-state index in [9.17, 15) is 13.2 Å². The molecule has 0 aromatic rings. The fourth-order valence-electron chi connectivity index (χ4n) is 2.04. The van der Waals surface area contributed by atoms with E-state index in [1.165, 1.54) is 6.92 Å². The van der Waals surface area contributed by atoms with Crippen molar-refractivity contribution in [2.24, 2.45) is 11.8 Å². The first-order chi connectivity index (χ1) is 8.36. The summed E-state index contributed by atoms with van der Waals surface area (Å²) < 4.78 is 25.5. The summed E-state index contributed by atoms with van der Waals surface area (Å²) >= 11 is 0. The van der Waals surface area contributed by atoms with Gasteiger partial charge in [-0.1, -0.05) is 0 Å². The van der Waals surface area contributed by atoms with E-state index in [4.69, 9.17) is 10.4 Å². The van der Waals surface area contributed by atoms with E-state index in [0.29, 0.717) is 32.2 Å². The Balaban J connectivity index is 2.39. The SMILES string of the molecule is CC(C#N)S(=O)(=O)NCC1CCC(C(=O)O)CC1.